The predicted octanol–water partition coefficient (Wildman–Crippen LogP) is 4.25. The van der Waals surface area contributed by atoms with Gasteiger partial charge in [-0.15, -0.1) is 11.3 Å². The molecule has 4 rings (SSSR count). The first-order valence-corrected chi connectivity index (χ1v) is 9.92. The van der Waals surface area contributed by atoms with Crippen LogP contribution >= 0.6 is 11.3 Å². The number of benzene rings is 1. The summed E-state index contributed by atoms with van der Waals surface area (Å²) in [6, 6.07) is 10.1. The highest BCUT2D eigenvalue weighted by Crippen LogP contribution is 2.42. The zero-order valence-corrected chi connectivity index (χ0v) is 17.0. The van der Waals surface area contributed by atoms with Crippen LogP contribution in [0.4, 0.5) is 5.69 Å². The molecule has 0 aliphatic carbocycles. The number of Topliss-reactive ketones (excluding diaryl/α,β-unsaturated/α-hetero) is 1. The number of carbonyl (C=O) groups is 2. The number of aliphatic hydroxyl groups is 1. The number of ketones is 1. The van der Waals surface area contributed by atoms with Crippen LogP contribution in [0.2, 0.25) is 0 Å². The van der Waals surface area contributed by atoms with Crippen LogP contribution in [-0.2, 0) is 4.79 Å². The topological polar surface area (TPSA) is 83.4 Å². The van der Waals surface area contributed by atoms with Crippen molar-refractivity contribution >= 4 is 28.7 Å². The number of nitrogens with zero attached hydrogens (tertiary/aromatic N) is 3. The van der Waals surface area contributed by atoms with Crippen LogP contribution in [0.15, 0.2) is 60.1 Å². The van der Waals surface area contributed by atoms with Gasteiger partial charge in [-0.25, -0.2) is 4.98 Å². The van der Waals surface area contributed by atoms with Crippen LogP contribution < -0.4 is 4.90 Å². The molecule has 7 heteroatoms. The van der Waals surface area contributed by atoms with Crippen LogP contribution in [0.25, 0.3) is 0 Å². The molecule has 3 aromatic rings. The molecule has 0 saturated carbocycles. The van der Waals surface area contributed by atoms with Crippen LogP contribution in [-0.4, -0.2) is 26.8 Å². The number of hydrogen-bond acceptors (Lipinski definition) is 6. The van der Waals surface area contributed by atoms with E-state index in [4.69, 9.17) is 0 Å². The molecule has 1 aliphatic heterocycles. The second kappa shape index (κ2) is 7.25. The first-order chi connectivity index (χ1) is 13.9. The van der Waals surface area contributed by atoms with Gasteiger partial charge in [0.2, 0.25) is 5.78 Å². The number of anilines is 1. The third-order valence-corrected chi connectivity index (χ3v) is 5.95. The quantitative estimate of drug-likeness (QED) is 0.656. The number of hydrogen-bond donors (Lipinski definition) is 1. The lowest BCUT2D eigenvalue weighted by molar-refractivity contribution is -0.117. The maximum Gasteiger partial charge on any atom is 0.294 e. The molecular formula is C22H19N3O3S. The predicted molar refractivity (Wildman–Crippen MR) is 111 cm³/mol. The van der Waals surface area contributed by atoms with Crippen molar-refractivity contribution in [2.45, 2.75) is 26.8 Å². The number of thiazole rings is 1. The fourth-order valence-corrected chi connectivity index (χ4v) is 4.40. The Morgan fingerprint density at radius 1 is 1.14 bits per heavy atom. The number of aryl methyl sites for hydroxylation is 3. The molecule has 29 heavy (non-hydrogen) atoms. The molecule has 1 aromatic carbocycles. The van der Waals surface area contributed by atoms with Crippen LogP contribution in [0.5, 0.6) is 0 Å². The highest BCUT2D eigenvalue weighted by Gasteiger charge is 2.45. The Morgan fingerprint density at radius 2 is 1.86 bits per heavy atom. The second-order valence-corrected chi connectivity index (χ2v) is 8.14. The molecular weight excluding hydrogens is 386 g/mol. The van der Waals surface area contributed by atoms with E-state index in [0.717, 1.165) is 10.6 Å². The molecule has 0 fully saturated rings. The van der Waals surface area contributed by atoms with Gasteiger partial charge in [0.15, 0.2) is 5.76 Å². The standard InChI is InChI=1S/C22H19N3O3S/c1-12-6-8-16(9-7-12)25-18(15-5-4-10-23-11-15)17(20(27)22(25)28)19(26)21-13(2)24-14(3)29-21/h4-11,18,27H,1-3H3. The van der Waals surface area contributed by atoms with Crippen molar-refractivity contribution in [3.05, 3.63) is 86.8 Å². The van der Waals surface area contributed by atoms with Gasteiger partial charge in [-0.3, -0.25) is 19.5 Å². The Balaban J connectivity index is 1.88. The molecule has 0 saturated heterocycles. The molecule has 0 spiro atoms. The molecule has 1 unspecified atom stereocenters. The molecule has 1 atom stereocenters. The van der Waals surface area contributed by atoms with Crippen molar-refractivity contribution in [2.75, 3.05) is 4.90 Å². The van der Waals surface area contributed by atoms with Gasteiger partial charge in [-0.1, -0.05) is 23.8 Å². The molecule has 0 radical (unpaired) electrons. The van der Waals surface area contributed by atoms with Crippen molar-refractivity contribution < 1.29 is 14.7 Å². The molecule has 1 aliphatic rings. The average molecular weight is 405 g/mol. The third kappa shape index (κ3) is 3.23. The molecule has 0 bridgehead atoms. The molecule has 146 valence electrons. The van der Waals surface area contributed by atoms with Gasteiger partial charge in [0.1, 0.15) is 0 Å². The summed E-state index contributed by atoms with van der Waals surface area (Å²) < 4.78 is 0. The fraction of sp³-hybridized carbons (Fsp3) is 0.182. The third-order valence-electron chi connectivity index (χ3n) is 4.87. The van der Waals surface area contributed by atoms with E-state index in [-0.39, 0.29) is 11.4 Å². The zero-order chi connectivity index (χ0) is 20.7. The van der Waals surface area contributed by atoms with E-state index in [1.807, 2.05) is 26.0 Å². The van der Waals surface area contributed by atoms with E-state index in [0.29, 0.717) is 21.8 Å². The normalized spacial score (nSPS) is 16.6. The van der Waals surface area contributed by atoms with Crippen molar-refractivity contribution in [1.29, 1.82) is 0 Å². The van der Waals surface area contributed by atoms with Gasteiger partial charge in [-0.2, -0.15) is 0 Å². The number of carbonyl (C=O) groups excluding carboxylic acids is 2. The van der Waals surface area contributed by atoms with Gasteiger partial charge < -0.3 is 5.11 Å². The first kappa shape index (κ1) is 19.0. The van der Waals surface area contributed by atoms with Crippen LogP contribution in [0, 0.1) is 20.8 Å². The lowest BCUT2D eigenvalue weighted by atomic mass is 9.96. The van der Waals surface area contributed by atoms with Gasteiger partial charge in [0.25, 0.3) is 5.91 Å². The second-order valence-electron chi connectivity index (χ2n) is 6.94. The summed E-state index contributed by atoms with van der Waals surface area (Å²) in [5.74, 6) is -1.53. The summed E-state index contributed by atoms with van der Waals surface area (Å²) in [6.45, 7) is 5.52. The summed E-state index contributed by atoms with van der Waals surface area (Å²) in [5, 5.41) is 11.5. The highest BCUT2D eigenvalue weighted by molar-refractivity contribution is 7.14. The lowest BCUT2D eigenvalue weighted by Gasteiger charge is -2.26. The maximum atomic E-state index is 13.4. The van der Waals surface area contributed by atoms with E-state index in [1.54, 1.807) is 43.6 Å². The minimum absolute atomic E-state index is 0.0512. The van der Waals surface area contributed by atoms with Crippen molar-refractivity contribution in [3.8, 4) is 0 Å². The first-order valence-electron chi connectivity index (χ1n) is 9.10. The summed E-state index contributed by atoms with van der Waals surface area (Å²) in [5.41, 5.74) is 2.93. The van der Waals surface area contributed by atoms with Crippen LogP contribution in [0.3, 0.4) is 0 Å². The van der Waals surface area contributed by atoms with Crippen molar-refractivity contribution in [1.82, 2.24) is 9.97 Å². The minimum atomic E-state index is -0.770. The Labute approximate surface area is 172 Å². The van der Waals surface area contributed by atoms with E-state index in [1.165, 1.54) is 16.2 Å². The molecule has 1 amide bonds. The van der Waals surface area contributed by atoms with E-state index >= 15 is 0 Å². The molecule has 3 heterocycles. The Bertz CT molecular complexity index is 1130. The smallest absolute Gasteiger partial charge is 0.294 e. The van der Waals surface area contributed by atoms with E-state index < -0.39 is 17.7 Å². The van der Waals surface area contributed by atoms with Gasteiger partial charge in [0.05, 0.1) is 27.2 Å². The average Bonchev–Trinajstić information content (AvgIpc) is 3.19. The zero-order valence-electron chi connectivity index (χ0n) is 16.2. The Morgan fingerprint density at radius 3 is 2.45 bits per heavy atom. The van der Waals surface area contributed by atoms with Crippen LogP contribution in [0.1, 0.15) is 37.5 Å². The van der Waals surface area contributed by atoms with Crippen molar-refractivity contribution in [3.63, 3.8) is 0 Å². The maximum absolute atomic E-state index is 13.4. The SMILES string of the molecule is Cc1ccc(N2C(=O)C(O)=C(C(=O)c3sc(C)nc3C)C2c2cccnc2)cc1. The highest BCUT2D eigenvalue weighted by atomic mass is 32.1. The number of rotatable bonds is 4. The molecule has 6 nitrogen and oxygen atoms in total. The largest absolute Gasteiger partial charge is 0.503 e. The summed E-state index contributed by atoms with van der Waals surface area (Å²) in [6.07, 6.45) is 3.23. The van der Waals surface area contributed by atoms with E-state index in [9.17, 15) is 14.7 Å². The van der Waals surface area contributed by atoms with Gasteiger partial charge in [-0.05, 0) is 44.5 Å². The number of pyridine rings is 1. The monoisotopic (exact) mass is 405 g/mol. The minimum Gasteiger partial charge on any atom is -0.503 e. The number of amides is 1. The summed E-state index contributed by atoms with van der Waals surface area (Å²) in [7, 11) is 0. The Kier molecular flexibility index (Phi) is 4.76. The van der Waals surface area contributed by atoms with Crippen molar-refractivity contribution in [2.24, 2.45) is 0 Å². The summed E-state index contributed by atoms with van der Waals surface area (Å²) >= 11 is 1.26. The fourth-order valence-electron chi connectivity index (χ4n) is 3.53. The number of aromatic nitrogens is 2. The lowest BCUT2D eigenvalue weighted by Crippen LogP contribution is -2.31. The molecule has 2 aromatic heterocycles. The number of aliphatic hydroxyl groups excluding tert-OH is 1. The summed E-state index contributed by atoms with van der Waals surface area (Å²) in [4.78, 5) is 36.8. The van der Waals surface area contributed by atoms with Gasteiger partial charge >= 0.3 is 0 Å². The van der Waals surface area contributed by atoms with E-state index in [2.05, 4.69) is 9.97 Å². The molecule has 1 N–H and O–H groups in total. The van der Waals surface area contributed by atoms with Gasteiger partial charge in [0, 0.05) is 18.1 Å². The Hall–Kier alpha value is -3.32.